The molecule has 3 aromatic rings. The lowest BCUT2D eigenvalue weighted by Gasteiger charge is -2.33. The normalized spacial score (nSPS) is 22.6. The maximum Gasteiger partial charge on any atom is 0.272 e. The van der Waals surface area contributed by atoms with E-state index in [-0.39, 0.29) is 29.4 Å². The van der Waals surface area contributed by atoms with E-state index in [0.29, 0.717) is 39.0 Å². The first kappa shape index (κ1) is 22.3. The van der Waals surface area contributed by atoms with E-state index in [9.17, 15) is 10.1 Å². The number of aromatic nitrogens is 4. The number of benzene rings is 1. The Kier molecular flexibility index (Phi) is 5.30. The third-order valence-electron chi connectivity index (χ3n) is 6.28. The molecule has 2 atom stereocenters. The van der Waals surface area contributed by atoms with Crippen LogP contribution in [0.5, 0.6) is 0 Å². The molecule has 174 valence electrons. The highest BCUT2D eigenvalue weighted by Crippen LogP contribution is 2.48. The molecule has 2 aromatic heterocycles. The molecular weight excluding hydrogens is 459 g/mol. The summed E-state index contributed by atoms with van der Waals surface area (Å²) in [7, 11) is 1.68. The highest BCUT2D eigenvalue weighted by molar-refractivity contribution is 6.24. The molecule has 3 N–H and O–H groups in total. The summed E-state index contributed by atoms with van der Waals surface area (Å²) in [6.07, 6.45) is 4.85. The Labute approximate surface area is 199 Å². The second kappa shape index (κ2) is 8.08. The molecule has 34 heavy (non-hydrogen) atoms. The minimum atomic E-state index is -2.07. The summed E-state index contributed by atoms with van der Waals surface area (Å²) in [6.45, 7) is 1.48. The minimum absolute atomic E-state index is 0.00968. The molecule has 0 bridgehead atoms. The number of nitrogens with zero attached hydrogens (tertiary/aromatic N) is 4. The van der Waals surface area contributed by atoms with Crippen LogP contribution in [-0.2, 0) is 18.3 Å². The molecule has 1 fully saturated rings. The number of hydrogen-bond acceptors (Lipinski definition) is 6. The number of fused-ring (bicyclic) bond motifs is 1. The van der Waals surface area contributed by atoms with Crippen LogP contribution >= 0.6 is 11.6 Å². The van der Waals surface area contributed by atoms with Gasteiger partial charge in [-0.3, -0.25) is 9.48 Å². The number of rotatable bonds is 5. The van der Waals surface area contributed by atoms with Crippen molar-refractivity contribution in [3.63, 3.8) is 0 Å². The highest BCUT2D eigenvalue weighted by atomic mass is 35.5. The molecule has 0 spiro atoms. The van der Waals surface area contributed by atoms with Crippen LogP contribution in [0.1, 0.15) is 31.2 Å². The van der Waals surface area contributed by atoms with Gasteiger partial charge in [0.05, 0.1) is 34.5 Å². The van der Waals surface area contributed by atoms with E-state index in [2.05, 4.69) is 21.4 Å². The van der Waals surface area contributed by atoms with Crippen molar-refractivity contribution >= 4 is 27.9 Å². The van der Waals surface area contributed by atoms with Gasteiger partial charge in [-0.25, -0.2) is 9.49 Å². The number of nitriles is 1. The molecule has 1 aromatic carbocycles. The molecule has 2 aliphatic carbocycles. The summed E-state index contributed by atoms with van der Waals surface area (Å²) in [5, 5.41) is 20.9. The van der Waals surface area contributed by atoms with Gasteiger partial charge in [0, 0.05) is 30.1 Å². The monoisotopic (exact) mass is 480 g/mol. The highest BCUT2D eigenvalue weighted by Gasteiger charge is 2.46. The smallest absolute Gasteiger partial charge is 0.272 e. The van der Waals surface area contributed by atoms with Gasteiger partial charge in [-0.2, -0.15) is 15.5 Å². The van der Waals surface area contributed by atoms with Crippen molar-refractivity contribution in [3.05, 3.63) is 63.5 Å². The van der Waals surface area contributed by atoms with E-state index in [1.807, 2.05) is 0 Å². The van der Waals surface area contributed by atoms with E-state index in [1.54, 1.807) is 31.4 Å². The quantitative estimate of drug-likeness (QED) is 0.539. The summed E-state index contributed by atoms with van der Waals surface area (Å²) in [5.41, 5.74) is 5.82. The number of alkyl halides is 2. The van der Waals surface area contributed by atoms with Crippen molar-refractivity contribution in [2.75, 3.05) is 0 Å². The number of H-pyrrole nitrogens is 1. The van der Waals surface area contributed by atoms with Crippen molar-refractivity contribution in [3.8, 4) is 17.2 Å². The van der Waals surface area contributed by atoms with Crippen molar-refractivity contribution in [2.45, 2.75) is 43.5 Å². The van der Waals surface area contributed by atoms with E-state index in [1.165, 1.54) is 17.7 Å². The largest absolute Gasteiger partial charge is 0.489 e. The van der Waals surface area contributed by atoms with Gasteiger partial charge < -0.3 is 10.5 Å². The Morgan fingerprint density at radius 3 is 2.85 bits per heavy atom. The van der Waals surface area contributed by atoms with Crippen LogP contribution in [0.3, 0.4) is 0 Å². The van der Waals surface area contributed by atoms with Gasteiger partial charge in [0.2, 0.25) is 0 Å². The second-order valence-corrected chi connectivity index (χ2v) is 9.15. The molecule has 2 unspecified atom stereocenters. The van der Waals surface area contributed by atoms with Crippen LogP contribution in [0, 0.1) is 11.3 Å². The summed E-state index contributed by atoms with van der Waals surface area (Å²) in [4.78, 5) is 12.2. The molecule has 10 heteroatoms. The number of aryl methyl sites for hydroxylation is 1. The van der Waals surface area contributed by atoms with Crippen LogP contribution in [0.4, 0.5) is 4.39 Å². The molecule has 0 aliphatic heterocycles. The average molecular weight is 481 g/mol. The molecule has 2 aliphatic rings. The number of halogens is 2. The maximum atomic E-state index is 16.2. The fourth-order valence-electron chi connectivity index (χ4n) is 4.29. The Bertz CT molecular complexity index is 1470. The average Bonchev–Trinajstić information content (AvgIpc) is 3.56. The van der Waals surface area contributed by atoms with Crippen LogP contribution in [0.25, 0.3) is 27.5 Å². The minimum Gasteiger partial charge on any atom is -0.489 e. The van der Waals surface area contributed by atoms with E-state index in [4.69, 9.17) is 22.1 Å². The van der Waals surface area contributed by atoms with Crippen molar-refractivity contribution in [1.29, 1.82) is 5.26 Å². The predicted molar refractivity (Wildman–Crippen MR) is 126 cm³/mol. The first-order valence-electron chi connectivity index (χ1n) is 10.9. The number of aromatic amines is 1. The van der Waals surface area contributed by atoms with Gasteiger partial charge in [0.25, 0.3) is 5.56 Å². The molecule has 0 amide bonds. The fourth-order valence-corrected chi connectivity index (χ4v) is 4.51. The Hall–Kier alpha value is -3.48. The lowest BCUT2D eigenvalue weighted by molar-refractivity contribution is 0.195. The van der Waals surface area contributed by atoms with Gasteiger partial charge in [-0.15, -0.1) is 11.6 Å². The SMILES string of the molecule is Cn1ncc(-c2ccc3c(=O)[nH]nc(CN)c3c2)c1C1=C(C#N)C(OC2CC2)=CC(Cl)C1(C)F. The van der Waals surface area contributed by atoms with Gasteiger partial charge in [0.1, 0.15) is 17.4 Å². The van der Waals surface area contributed by atoms with Gasteiger partial charge in [-0.05, 0) is 43.5 Å². The van der Waals surface area contributed by atoms with Crippen LogP contribution in [-0.4, -0.2) is 37.1 Å². The van der Waals surface area contributed by atoms with Crippen molar-refractivity contribution in [2.24, 2.45) is 12.8 Å². The Balaban J connectivity index is 1.75. The standard InChI is InChI=1S/C24H22ClFN6O2/c1-24(26)20(25)8-19(34-13-4-5-13)16(9-27)21(24)22-17(11-29-32(22)2)12-3-6-14-15(7-12)18(10-28)30-31-23(14)33/h3,6-8,11,13,20H,4-5,10,28H2,1-2H3,(H,31,33). The summed E-state index contributed by atoms with van der Waals surface area (Å²) < 4.78 is 23.6. The molecule has 0 radical (unpaired) electrons. The maximum absolute atomic E-state index is 16.2. The van der Waals surface area contributed by atoms with E-state index >= 15 is 4.39 Å². The van der Waals surface area contributed by atoms with Gasteiger partial charge >= 0.3 is 0 Å². The van der Waals surface area contributed by atoms with Crippen molar-refractivity contribution < 1.29 is 9.13 Å². The Morgan fingerprint density at radius 1 is 1.41 bits per heavy atom. The summed E-state index contributed by atoms with van der Waals surface area (Å²) in [6, 6.07) is 7.33. The van der Waals surface area contributed by atoms with Crippen LogP contribution in [0.15, 0.2) is 46.6 Å². The third kappa shape index (κ3) is 3.50. The Morgan fingerprint density at radius 2 is 2.18 bits per heavy atom. The lowest BCUT2D eigenvalue weighted by Crippen LogP contribution is -2.36. The summed E-state index contributed by atoms with van der Waals surface area (Å²) >= 11 is 6.46. The number of nitrogens with two attached hydrogens (primary N) is 1. The molecule has 0 saturated heterocycles. The zero-order valence-electron chi connectivity index (χ0n) is 18.6. The first-order valence-corrected chi connectivity index (χ1v) is 11.3. The predicted octanol–water partition coefficient (Wildman–Crippen LogP) is 3.47. The number of ether oxygens (including phenoxy) is 1. The first-order chi connectivity index (χ1) is 16.3. The zero-order valence-corrected chi connectivity index (χ0v) is 19.4. The summed E-state index contributed by atoms with van der Waals surface area (Å²) in [5.74, 6) is 0.293. The van der Waals surface area contributed by atoms with Crippen molar-refractivity contribution in [1.82, 2.24) is 20.0 Å². The van der Waals surface area contributed by atoms with Crippen LogP contribution in [0.2, 0.25) is 0 Å². The van der Waals surface area contributed by atoms with Gasteiger partial charge in [0.15, 0.2) is 5.67 Å². The molecule has 8 nitrogen and oxygen atoms in total. The van der Waals surface area contributed by atoms with Crippen LogP contribution < -0.4 is 11.3 Å². The number of nitrogens with one attached hydrogen (secondary N) is 1. The fraction of sp³-hybridized carbons (Fsp3) is 0.333. The van der Waals surface area contributed by atoms with Gasteiger partial charge in [-0.1, -0.05) is 6.07 Å². The molecular formula is C24H22ClFN6O2. The van der Waals surface area contributed by atoms with E-state index in [0.717, 1.165) is 12.8 Å². The molecule has 2 heterocycles. The zero-order chi connectivity index (χ0) is 24.2. The number of hydrogen-bond donors (Lipinski definition) is 2. The molecule has 1 saturated carbocycles. The van der Waals surface area contributed by atoms with E-state index < -0.39 is 11.0 Å². The lowest BCUT2D eigenvalue weighted by atomic mass is 9.80. The molecule has 5 rings (SSSR count). The second-order valence-electron chi connectivity index (χ2n) is 8.68. The number of allylic oxidation sites excluding steroid dienone is 3. The third-order valence-corrected chi connectivity index (χ3v) is 6.81. The topological polar surface area (TPSA) is 123 Å².